The zero-order chi connectivity index (χ0) is 76.4. The minimum absolute atomic E-state index is 1.02. The molecule has 15 aromatic carbocycles. The molecule has 3 heterocycles. The predicted molar refractivity (Wildman–Crippen MR) is 489 cm³/mol. The SMILES string of the molecule is CCCCCCc1ccc(-n2c3ccccc3c3cc(-c4ccccc4-c4ccccc4-c4ccc5c(c4)c4ccccc4n5-c4ccc(CCCCCC)cc4)ccc32)cc1.CCCCCCc1ccc(Br)cc1.c1ccc2c(c1)Cc1ccc(-c3ccccc3-c3ccccc3-c3ccc4[nH]c5ccccc5c4c3)cc1-2. The molecule has 3 aromatic heterocycles. The van der Waals surface area contributed by atoms with Gasteiger partial charge in [0.2, 0.25) is 0 Å². The Hall–Kier alpha value is -11.8. The molecule has 0 fully saturated rings. The Labute approximate surface area is 675 Å². The van der Waals surface area contributed by atoms with Crippen LogP contribution in [0, 0.1) is 0 Å². The van der Waals surface area contributed by atoms with E-state index in [0.29, 0.717) is 0 Å². The normalized spacial score (nSPS) is 11.7. The van der Waals surface area contributed by atoms with Crippen LogP contribution < -0.4 is 0 Å². The van der Waals surface area contributed by atoms with E-state index in [0.717, 1.165) is 19.3 Å². The number of hydrogen-bond acceptors (Lipinski definition) is 0. The van der Waals surface area contributed by atoms with Gasteiger partial charge < -0.3 is 14.1 Å². The summed E-state index contributed by atoms with van der Waals surface area (Å²) in [5, 5.41) is 7.62. The Kier molecular flexibility index (Phi) is 22.5. The quantitative estimate of drug-likeness (QED) is 0.0618. The van der Waals surface area contributed by atoms with E-state index in [1.54, 1.807) is 0 Å². The molecule has 556 valence electrons. The first-order valence-corrected chi connectivity index (χ1v) is 42.2. The van der Waals surface area contributed by atoms with E-state index in [4.69, 9.17) is 0 Å². The van der Waals surface area contributed by atoms with Crippen molar-refractivity contribution in [3.05, 3.63) is 372 Å². The molecule has 3 nitrogen and oxygen atoms in total. The number of aromatic nitrogens is 3. The van der Waals surface area contributed by atoms with Crippen molar-refractivity contribution >= 4 is 81.3 Å². The third-order valence-electron chi connectivity index (χ3n) is 23.4. The van der Waals surface area contributed by atoms with Gasteiger partial charge in [-0.3, -0.25) is 0 Å². The standard InChI is InChI=1S/C60H56N2.C37H25N.C12H17Br/c1-3-5-7-9-19-43-29-35-47(36-30-43)61-57-27-17-15-25-53(57)55-41-45(33-39-59(55)61)49-21-11-13-23-51(49)52-24-14-12-22-50(52)46-34-40-60-56(42-46)54-26-16-18-28-58(54)62(60)48-37-31-44(32-38-48)20-10-8-6-4-2;1-2-12-30-24(9-1)21-25-17-18-26(22-34(25)30)28-10-3-5-13-31(28)32-14-6-4-11-29(32)27-19-20-37-35(23-27)33-15-7-8-16-36(33)38-37;1-2-3-4-5-6-11-7-9-12(13)10-8-11/h11-18,21-42H,3-10,19-20H2,1-2H3;1-20,22-23,38H,21H2;7-10H,2-6H2,1H3. The Balaban J connectivity index is 0.000000152. The lowest BCUT2D eigenvalue weighted by Gasteiger charge is -2.16. The highest BCUT2D eigenvalue weighted by molar-refractivity contribution is 9.10. The van der Waals surface area contributed by atoms with E-state index in [1.165, 1.54) is 270 Å². The molecule has 0 amide bonds. The van der Waals surface area contributed by atoms with Crippen LogP contribution in [-0.2, 0) is 25.7 Å². The number of hydrogen-bond donors (Lipinski definition) is 1. The summed E-state index contributed by atoms with van der Waals surface area (Å²) in [6.45, 7) is 6.80. The van der Waals surface area contributed by atoms with Gasteiger partial charge in [-0.1, -0.05) is 337 Å². The lowest BCUT2D eigenvalue weighted by atomic mass is 9.88. The maximum atomic E-state index is 3.56. The smallest absolute Gasteiger partial charge is 0.0541 e. The fourth-order valence-corrected chi connectivity index (χ4v) is 17.8. The van der Waals surface area contributed by atoms with E-state index in [-0.39, 0.29) is 0 Å². The first kappa shape index (κ1) is 74.0. The monoisotopic (exact) mass is 1530 g/mol. The zero-order valence-electron chi connectivity index (χ0n) is 65.4. The van der Waals surface area contributed by atoms with Crippen molar-refractivity contribution in [3.63, 3.8) is 0 Å². The van der Waals surface area contributed by atoms with Gasteiger partial charge in [0.25, 0.3) is 0 Å². The molecule has 0 unspecified atom stereocenters. The second-order valence-electron chi connectivity index (χ2n) is 30.9. The molecule has 1 aliphatic carbocycles. The van der Waals surface area contributed by atoms with Crippen LogP contribution in [0.2, 0.25) is 0 Å². The van der Waals surface area contributed by atoms with Crippen molar-refractivity contribution in [3.8, 4) is 89.3 Å². The molecular weight excluding hydrogens is 1430 g/mol. The van der Waals surface area contributed by atoms with Crippen LogP contribution in [0.5, 0.6) is 0 Å². The van der Waals surface area contributed by atoms with Crippen molar-refractivity contribution < 1.29 is 0 Å². The van der Waals surface area contributed by atoms with E-state index >= 15 is 0 Å². The molecule has 0 saturated carbocycles. The van der Waals surface area contributed by atoms with Crippen LogP contribution in [0.3, 0.4) is 0 Å². The number of aryl methyl sites for hydroxylation is 3. The topological polar surface area (TPSA) is 25.6 Å². The Morgan fingerprint density at radius 3 is 1.04 bits per heavy atom. The minimum Gasteiger partial charge on any atom is -0.355 e. The number of benzene rings is 15. The predicted octanol–water partition coefficient (Wildman–Crippen LogP) is 31.6. The van der Waals surface area contributed by atoms with Crippen molar-refractivity contribution in [2.45, 2.75) is 124 Å². The summed E-state index contributed by atoms with van der Waals surface area (Å²) in [5.41, 5.74) is 34.5. The molecule has 0 spiro atoms. The van der Waals surface area contributed by atoms with Crippen LogP contribution in [0.25, 0.3) is 155 Å². The van der Waals surface area contributed by atoms with Crippen LogP contribution in [-0.4, -0.2) is 14.1 Å². The van der Waals surface area contributed by atoms with Crippen molar-refractivity contribution in [2.75, 3.05) is 0 Å². The third-order valence-corrected chi connectivity index (χ3v) is 24.0. The number of H-pyrrole nitrogens is 1. The van der Waals surface area contributed by atoms with Gasteiger partial charge in [-0.25, -0.2) is 0 Å². The first-order chi connectivity index (χ1) is 55.9. The molecule has 0 bridgehead atoms. The molecule has 0 radical (unpaired) electrons. The summed E-state index contributed by atoms with van der Waals surface area (Å²) in [6.07, 6.45) is 20.2. The summed E-state index contributed by atoms with van der Waals surface area (Å²) >= 11 is 3.44. The Morgan fingerprint density at radius 2 is 0.584 bits per heavy atom. The number of halogens is 1. The molecule has 0 saturated heterocycles. The van der Waals surface area contributed by atoms with Crippen LogP contribution in [0.15, 0.2) is 344 Å². The molecule has 4 heteroatoms. The number of nitrogens with one attached hydrogen (secondary N) is 1. The third kappa shape index (κ3) is 15.7. The molecule has 18 aromatic rings. The Bertz CT molecular complexity index is 6150. The number of rotatable bonds is 23. The number of unbranched alkanes of at least 4 members (excludes halogenated alkanes) is 9. The van der Waals surface area contributed by atoms with Gasteiger partial charge >= 0.3 is 0 Å². The summed E-state index contributed by atoms with van der Waals surface area (Å²) < 4.78 is 6.05. The lowest BCUT2D eigenvalue weighted by molar-refractivity contribution is 0.667. The van der Waals surface area contributed by atoms with Crippen molar-refractivity contribution in [1.29, 1.82) is 0 Å². The average molecular weight is 1530 g/mol. The largest absolute Gasteiger partial charge is 0.355 e. The van der Waals surface area contributed by atoms with Gasteiger partial charge in [-0.05, 0) is 248 Å². The highest BCUT2D eigenvalue weighted by atomic mass is 79.9. The fourth-order valence-electron chi connectivity index (χ4n) is 17.6. The maximum absolute atomic E-state index is 3.56. The highest BCUT2D eigenvalue weighted by Crippen LogP contribution is 2.46. The molecule has 1 N–H and O–H groups in total. The van der Waals surface area contributed by atoms with Gasteiger partial charge in [-0.15, -0.1) is 0 Å². The summed E-state index contributed by atoms with van der Waals surface area (Å²) in [6, 6.07) is 126. The number of aromatic amines is 1. The summed E-state index contributed by atoms with van der Waals surface area (Å²) in [5.74, 6) is 0. The van der Waals surface area contributed by atoms with Crippen LogP contribution in [0.4, 0.5) is 0 Å². The second kappa shape index (κ2) is 34.4. The molecule has 0 aliphatic heterocycles. The molecule has 0 atom stereocenters. The van der Waals surface area contributed by atoms with Gasteiger partial charge in [0.15, 0.2) is 0 Å². The van der Waals surface area contributed by atoms with Gasteiger partial charge in [0.1, 0.15) is 0 Å². The van der Waals surface area contributed by atoms with Gasteiger partial charge in [0, 0.05) is 59.2 Å². The van der Waals surface area contributed by atoms with Gasteiger partial charge in [-0.2, -0.15) is 0 Å². The average Bonchev–Trinajstić information content (AvgIpc) is 1.61. The van der Waals surface area contributed by atoms with Crippen LogP contribution >= 0.6 is 15.9 Å². The molecule has 113 heavy (non-hydrogen) atoms. The van der Waals surface area contributed by atoms with E-state index in [2.05, 4.69) is 391 Å². The van der Waals surface area contributed by atoms with E-state index in [9.17, 15) is 0 Å². The first-order valence-electron chi connectivity index (χ1n) is 41.5. The Morgan fingerprint density at radius 1 is 0.248 bits per heavy atom. The number of fused-ring (bicyclic) bond motifs is 12. The molecule has 1 aliphatic rings. The minimum atomic E-state index is 1.02. The summed E-state index contributed by atoms with van der Waals surface area (Å²) in [7, 11) is 0. The van der Waals surface area contributed by atoms with Crippen molar-refractivity contribution in [2.24, 2.45) is 0 Å². The van der Waals surface area contributed by atoms with E-state index < -0.39 is 0 Å². The molecular formula is C109H98BrN3. The number of para-hydroxylation sites is 3. The zero-order valence-corrected chi connectivity index (χ0v) is 67.0. The number of nitrogens with zero attached hydrogens (tertiary/aromatic N) is 2. The maximum Gasteiger partial charge on any atom is 0.0541 e. The molecule has 19 rings (SSSR count). The van der Waals surface area contributed by atoms with Gasteiger partial charge in [0.05, 0.1) is 22.1 Å². The fraction of sp³-hybridized carbons (Fsp3) is 0.174. The summed E-state index contributed by atoms with van der Waals surface area (Å²) in [4.78, 5) is 3.56. The van der Waals surface area contributed by atoms with E-state index in [1.807, 2.05) is 0 Å². The lowest BCUT2D eigenvalue weighted by Crippen LogP contribution is -1.95. The van der Waals surface area contributed by atoms with Crippen LogP contribution in [0.1, 0.15) is 126 Å². The highest BCUT2D eigenvalue weighted by Gasteiger charge is 2.23. The second-order valence-corrected chi connectivity index (χ2v) is 31.8. The van der Waals surface area contributed by atoms with Crippen molar-refractivity contribution in [1.82, 2.24) is 14.1 Å².